The van der Waals surface area contributed by atoms with Crippen molar-refractivity contribution in [3.63, 3.8) is 0 Å². The second-order valence-electron chi connectivity index (χ2n) is 6.79. The van der Waals surface area contributed by atoms with E-state index in [1.807, 2.05) is 35.8 Å². The van der Waals surface area contributed by atoms with E-state index < -0.39 is 0 Å². The van der Waals surface area contributed by atoms with Gasteiger partial charge in [-0.25, -0.2) is 0 Å². The fourth-order valence-electron chi connectivity index (χ4n) is 3.34. The standard InChI is InChI=1S/C20H24N6.HI/c1-21-19(23-15-20(11-12-20)16-7-3-2-4-8-16)22-13-10-18-25-24-17-9-5-6-14-26(17)18;/h2-9,14H,10-13,15H2,1H3,(H2,21,22,23);1H. The maximum atomic E-state index is 4.35. The van der Waals surface area contributed by atoms with Crippen LogP contribution in [-0.2, 0) is 11.8 Å². The third-order valence-electron chi connectivity index (χ3n) is 5.08. The first-order chi connectivity index (χ1) is 12.8. The predicted molar refractivity (Wildman–Crippen MR) is 119 cm³/mol. The number of aromatic nitrogens is 3. The van der Waals surface area contributed by atoms with E-state index in [0.29, 0.717) is 0 Å². The van der Waals surface area contributed by atoms with Crippen LogP contribution in [0.2, 0.25) is 0 Å². The van der Waals surface area contributed by atoms with Crippen molar-refractivity contribution in [2.24, 2.45) is 4.99 Å². The van der Waals surface area contributed by atoms with Gasteiger partial charge in [0.1, 0.15) is 5.82 Å². The van der Waals surface area contributed by atoms with Crippen LogP contribution in [0.1, 0.15) is 24.2 Å². The van der Waals surface area contributed by atoms with E-state index in [2.05, 4.69) is 56.2 Å². The Balaban J connectivity index is 0.00000210. The molecule has 2 aromatic heterocycles. The molecule has 142 valence electrons. The van der Waals surface area contributed by atoms with Crippen LogP contribution in [0.4, 0.5) is 0 Å². The summed E-state index contributed by atoms with van der Waals surface area (Å²) in [6.07, 6.45) is 5.24. The van der Waals surface area contributed by atoms with Crippen molar-refractivity contribution >= 4 is 35.6 Å². The van der Waals surface area contributed by atoms with Gasteiger partial charge in [-0.3, -0.25) is 9.39 Å². The van der Waals surface area contributed by atoms with E-state index >= 15 is 0 Å². The zero-order chi connectivity index (χ0) is 17.8. The van der Waals surface area contributed by atoms with E-state index in [9.17, 15) is 0 Å². The molecule has 1 aromatic carbocycles. The molecule has 1 fully saturated rings. The zero-order valence-corrected chi connectivity index (χ0v) is 17.8. The summed E-state index contributed by atoms with van der Waals surface area (Å²) in [6, 6.07) is 16.7. The van der Waals surface area contributed by atoms with Gasteiger partial charge in [0.25, 0.3) is 0 Å². The van der Waals surface area contributed by atoms with Gasteiger partial charge in [0, 0.05) is 38.2 Å². The number of halogens is 1. The molecular weight excluding hydrogens is 451 g/mol. The van der Waals surface area contributed by atoms with Crippen molar-refractivity contribution in [1.29, 1.82) is 0 Å². The van der Waals surface area contributed by atoms with Gasteiger partial charge in [-0.2, -0.15) is 0 Å². The average Bonchev–Trinajstić information content (AvgIpc) is 3.39. The van der Waals surface area contributed by atoms with Crippen molar-refractivity contribution in [1.82, 2.24) is 25.2 Å². The largest absolute Gasteiger partial charge is 0.356 e. The number of nitrogens with zero attached hydrogens (tertiary/aromatic N) is 4. The van der Waals surface area contributed by atoms with Crippen molar-refractivity contribution in [2.45, 2.75) is 24.7 Å². The molecule has 1 aliphatic carbocycles. The molecule has 0 unspecified atom stereocenters. The van der Waals surface area contributed by atoms with Crippen molar-refractivity contribution in [3.8, 4) is 0 Å². The number of fused-ring (bicyclic) bond motifs is 1. The maximum absolute atomic E-state index is 4.35. The molecule has 2 N–H and O–H groups in total. The molecule has 0 amide bonds. The van der Waals surface area contributed by atoms with Crippen LogP contribution in [0.25, 0.3) is 5.65 Å². The van der Waals surface area contributed by atoms with Crippen LogP contribution in [0, 0.1) is 0 Å². The summed E-state index contributed by atoms with van der Waals surface area (Å²) < 4.78 is 2.02. The number of pyridine rings is 1. The number of aliphatic imine (C=N–C) groups is 1. The molecule has 0 spiro atoms. The van der Waals surface area contributed by atoms with Gasteiger partial charge < -0.3 is 10.6 Å². The quantitative estimate of drug-likeness (QED) is 0.326. The number of guanidine groups is 1. The topological polar surface area (TPSA) is 66.6 Å². The molecule has 3 aromatic rings. The van der Waals surface area contributed by atoms with Crippen molar-refractivity contribution < 1.29 is 0 Å². The van der Waals surface area contributed by atoms with Gasteiger partial charge in [-0.05, 0) is 30.5 Å². The number of rotatable bonds is 6. The van der Waals surface area contributed by atoms with Gasteiger partial charge in [-0.15, -0.1) is 34.2 Å². The second-order valence-corrected chi connectivity index (χ2v) is 6.79. The number of benzene rings is 1. The Bertz CT molecular complexity index is 901. The minimum atomic E-state index is 0. The first-order valence-electron chi connectivity index (χ1n) is 9.09. The lowest BCUT2D eigenvalue weighted by atomic mass is 9.96. The average molecular weight is 476 g/mol. The smallest absolute Gasteiger partial charge is 0.191 e. The predicted octanol–water partition coefficient (Wildman–Crippen LogP) is 2.79. The van der Waals surface area contributed by atoms with Crippen LogP contribution in [0.3, 0.4) is 0 Å². The zero-order valence-electron chi connectivity index (χ0n) is 15.4. The Labute approximate surface area is 176 Å². The fourth-order valence-corrected chi connectivity index (χ4v) is 3.34. The maximum Gasteiger partial charge on any atom is 0.191 e. The highest BCUT2D eigenvalue weighted by molar-refractivity contribution is 14.0. The van der Waals surface area contributed by atoms with Gasteiger partial charge in [0.05, 0.1) is 0 Å². The molecule has 1 saturated carbocycles. The Morgan fingerprint density at radius 1 is 1.07 bits per heavy atom. The minimum Gasteiger partial charge on any atom is -0.356 e. The monoisotopic (exact) mass is 476 g/mol. The minimum absolute atomic E-state index is 0. The molecular formula is C20H25IN6. The highest BCUT2D eigenvalue weighted by atomic mass is 127. The summed E-state index contributed by atoms with van der Waals surface area (Å²) in [5.41, 5.74) is 2.56. The molecule has 6 nitrogen and oxygen atoms in total. The van der Waals surface area contributed by atoms with Gasteiger partial charge in [0.15, 0.2) is 11.6 Å². The number of hydrogen-bond acceptors (Lipinski definition) is 3. The summed E-state index contributed by atoms with van der Waals surface area (Å²) in [6.45, 7) is 1.66. The Kier molecular flexibility index (Phi) is 6.30. The summed E-state index contributed by atoms with van der Waals surface area (Å²) in [4.78, 5) is 4.35. The second kappa shape index (κ2) is 8.69. The lowest BCUT2D eigenvalue weighted by Gasteiger charge is -2.19. The van der Waals surface area contributed by atoms with Crippen LogP contribution in [0.15, 0.2) is 59.7 Å². The molecule has 0 atom stereocenters. The van der Waals surface area contributed by atoms with E-state index in [-0.39, 0.29) is 29.4 Å². The first-order valence-corrected chi connectivity index (χ1v) is 9.09. The highest BCUT2D eigenvalue weighted by Crippen LogP contribution is 2.47. The summed E-state index contributed by atoms with van der Waals surface area (Å²) >= 11 is 0. The third-order valence-corrected chi connectivity index (χ3v) is 5.08. The molecule has 2 heterocycles. The third kappa shape index (κ3) is 4.40. The molecule has 7 heteroatoms. The van der Waals surface area contributed by atoms with Crippen LogP contribution in [-0.4, -0.2) is 40.7 Å². The highest BCUT2D eigenvalue weighted by Gasteiger charge is 2.43. The van der Waals surface area contributed by atoms with Crippen LogP contribution >= 0.6 is 24.0 Å². The van der Waals surface area contributed by atoms with E-state index in [0.717, 1.165) is 36.9 Å². The fraction of sp³-hybridized carbons (Fsp3) is 0.350. The molecule has 4 rings (SSSR count). The van der Waals surface area contributed by atoms with Crippen molar-refractivity contribution in [3.05, 3.63) is 66.1 Å². The van der Waals surface area contributed by atoms with Crippen molar-refractivity contribution in [2.75, 3.05) is 20.1 Å². The normalized spacial score (nSPS) is 15.2. The Morgan fingerprint density at radius 2 is 1.85 bits per heavy atom. The molecule has 0 radical (unpaired) electrons. The first kappa shape index (κ1) is 19.6. The summed E-state index contributed by atoms with van der Waals surface area (Å²) in [5.74, 6) is 1.78. The number of hydrogen-bond donors (Lipinski definition) is 2. The van der Waals surface area contributed by atoms with E-state index in [1.165, 1.54) is 18.4 Å². The Morgan fingerprint density at radius 3 is 2.59 bits per heavy atom. The molecule has 0 saturated heterocycles. The SMILES string of the molecule is CN=C(NCCc1nnc2ccccn12)NCC1(c2ccccc2)CC1.I. The lowest BCUT2D eigenvalue weighted by Crippen LogP contribution is -2.42. The lowest BCUT2D eigenvalue weighted by molar-refractivity contribution is 0.644. The van der Waals surface area contributed by atoms with Gasteiger partial charge >= 0.3 is 0 Å². The number of nitrogens with one attached hydrogen (secondary N) is 2. The summed E-state index contributed by atoms with van der Waals surface area (Å²) in [7, 11) is 1.81. The van der Waals surface area contributed by atoms with E-state index in [1.54, 1.807) is 0 Å². The van der Waals surface area contributed by atoms with Gasteiger partial charge in [-0.1, -0.05) is 36.4 Å². The van der Waals surface area contributed by atoms with Gasteiger partial charge in [0.2, 0.25) is 0 Å². The molecule has 0 aliphatic heterocycles. The summed E-state index contributed by atoms with van der Waals surface area (Å²) in [5, 5.41) is 15.3. The Hall–Kier alpha value is -2.16. The molecule has 27 heavy (non-hydrogen) atoms. The van der Waals surface area contributed by atoms with Crippen LogP contribution < -0.4 is 10.6 Å². The van der Waals surface area contributed by atoms with E-state index in [4.69, 9.17) is 0 Å². The molecule has 0 bridgehead atoms. The van der Waals surface area contributed by atoms with Crippen LogP contribution in [0.5, 0.6) is 0 Å². The molecule has 1 aliphatic rings.